The van der Waals surface area contributed by atoms with E-state index < -0.39 is 0 Å². The minimum Gasteiger partial charge on any atom is -0.394 e. The van der Waals surface area contributed by atoms with Gasteiger partial charge in [0.15, 0.2) is 0 Å². The number of hydrogen-bond acceptors (Lipinski definition) is 3. The van der Waals surface area contributed by atoms with Crippen LogP contribution in [0.15, 0.2) is 23.1 Å². The van der Waals surface area contributed by atoms with Crippen LogP contribution in [-0.2, 0) is 6.54 Å². The van der Waals surface area contributed by atoms with E-state index in [1.807, 2.05) is 20.2 Å². The number of pyridine rings is 1. The van der Waals surface area contributed by atoms with Gasteiger partial charge in [0.05, 0.1) is 5.69 Å². The number of anilines is 1. The van der Waals surface area contributed by atoms with E-state index in [2.05, 4.69) is 4.90 Å². The van der Waals surface area contributed by atoms with E-state index in [0.717, 1.165) is 25.9 Å². The van der Waals surface area contributed by atoms with Gasteiger partial charge in [-0.05, 0) is 45.6 Å². The van der Waals surface area contributed by atoms with Gasteiger partial charge in [-0.3, -0.25) is 4.79 Å². The third kappa shape index (κ3) is 3.75. The Morgan fingerprint density at radius 2 is 2.13 bits per heavy atom. The fraction of sp³-hybridized carbons (Fsp3) is 0.545. The number of nitrogens with two attached hydrogens (primary N) is 1. The van der Waals surface area contributed by atoms with E-state index in [0.29, 0.717) is 5.69 Å². The number of nitrogen functional groups attached to an aromatic ring is 1. The van der Waals surface area contributed by atoms with Crippen molar-refractivity contribution < 1.29 is 0 Å². The monoisotopic (exact) mass is 209 g/mol. The molecule has 0 aromatic carbocycles. The largest absolute Gasteiger partial charge is 0.394 e. The fourth-order valence-corrected chi connectivity index (χ4v) is 1.44. The van der Waals surface area contributed by atoms with Gasteiger partial charge >= 0.3 is 0 Å². The Labute approximate surface area is 90.3 Å². The van der Waals surface area contributed by atoms with Gasteiger partial charge in [-0.15, -0.1) is 0 Å². The lowest BCUT2D eigenvalue weighted by molar-refractivity contribution is 0.387. The molecule has 1 aromatic rings. The maximum atomic E-state index is 11.5. The summed E-state index contributed by atoms with van der Waals surface area (Å²) in [5.74, 6) is 0. The molecule has 0 saturated heterocycles. The van der Waals surface area contributed by atoms with Gasteiger partial charge in [0.25, 0.3) is 5.56 Å². The number of unbranched alkanes of at least 4 members (excludes halogenated alkanes) is 1. The zero-order valence-electron chi connectivity index (χ0n) is 9.44. The summed E-state index contributed by atoms with van der Waals surface area (Å²) in [6.45, 7) is 1.80. The van der Waals surface area contributed by atoms with E-state index in [1.165, 1.54) is 0 Å². The minimum absolute atomic E-state index is 0.0812. The standard InChI is InChI=1S/C11H19N3O/c1-13(2)7-3-4-8-14-9-5-6-10(12)11(14)15/h5-6,9H,3-4,7-8,12H2,1-2H3. The average Bonchev–Trinajstić information content (AvgIpc) is 2.18. The first-order valence-corrected chi connectivity index (χ1v) is 5.21. The molecule has 0 radical (unpaired) electrons. The van der Waals surface area contributed by atoms with Gasteiger partial charge in [-0.2, -0.15) is 0 Å². The molecule has 0 spiro atoms. The first-order valence-electron chi connectivity index (χ1n) is 5.21. The van der Waals surface area contributed by atoms with Gasteiger partial charge in [0, 0.05) is 12.7 Å². The summed E-state index contributed by atoms with van der Waals surface area (Å²) in [6, 6.07) is 3.45. The highest BCUT2D eigenvalue weighted by molar-refractivity contribution is 5.33. The van der Waals surface area contributed by atoms with Crippen molar-refractivity contribution in [2.75, 3.05) is 26.4 Å². The highest BCUT2D eigenvalue weighted by atomic mass is 16.1. The second kappa shape index (κ2) is 5.56. The van der Waals surface area contributed by atoms with Crippen LogP contribution in [-0.4, -0.2) is 30.1 Å². The third-order valence-corrected chi connectivity index (χ3v) is 2.30. The molecule has 0 aliphatic heterocycles. The number of nitrogens with zero attached hydrogens (tertiary/aromatic N) is 2. The normalized spacial score (nSPS) is 10.9. The van der Waals surface area contributed by atoms with Crippen LogP contribution in [0.2, 0.25) is 0 Å². The lowest BCUT2D eigenvalue weighted by Gasteiger charge is -2.10. The SMILES string of the molecule is CN(C)CCCCn1cccc(N)c1=O. The summed E-state index contributed by atoms with van der Waals surface area (Å²) < 4.78 is 1.67. The highest BCUT2D eigenvalue weighted by Crippen LogP contribution is 1.97. The quantitative estimate of drug-likeness (QED) is 0.729. The van der Waals surface area contributed by atoms with Crippen LogP contribution in [0.25, 0.3) is 0 Å². The molecular weight excluding hydrogens is 190 g/mol. The first-order chi connectivity index (χ1) is 7.11. The highest BCUT2D eigenvalue weighted by Gasteiger charge is 1.98. The average molecular weight is 209 g/mol. The summed E-state index contributed by atoms with van der Waals surface area (Å²) in [4.78, 5) is 13.7. The Hall–Kier alpha value is -1.29. The zero-order chi connectivity index (χ0) is 11.3. The molecule has 0 atom stereocenters. The van der Waals surface area contributed by atoms with Crippen LogP contribution in [0.5, 0.6) is 0 Å². The van der Waals surface area contributed by atoms with Crippen LogP contribution in [0.4, 0.5) is 5.69 Å². The number of aromatic nitrogens is 1. The molecular formula is C11H19N3O. The summed E-state index contributed by atoms with van der Waals surface area (Å²) in [6.07, 6.45) is 3.88. The summed E-state index contributed by atoms with van der Waals surface area (Å²) in [7, 11) is 4.10. The second-order valence-corrected chi connectivity index (χ2v) is 3.97. The van der Waals surface area contributed by atoms with Gasteiger partial charge in [0.2, 0.25) is 0 Å². The van der Waals surface area contributed by atoms with Crippen molar-refractivity contribution in [3.63, 3.8) is 0 Å². The Balaban J connectivity index is 2.44. The second-order valence-electron chi connectivity index (χ2n) is 3.97. The predicted molar refractivity (Wildman–Crippen MR) is 62.9 cm³/mol. The van der Waals surface area contributed by atoms with Gasteiger partial charge in [-0.1, -0.05) is 0 Å². The van der Waals surface area contributed by atoms with Crippen LogP contribution < -0.4 is 11.3 Å². The molecule has 84 valence electrons. The molecule has 0 aliphatic carbocycles. The Bertz CT molecular complexity index is 357. The van der Waals surface area contributed by atoms with Crippen molar-refractivity contribution in [1.29, 1.82) is 0 Å². The van der Waals surface area contributed by atoms with E-state index in [1.54, 1.807) is 16.8 Å². The summed E-state index contributed by atoms with van der Waals surface area (Å²) in [5.41, 5.74) is 5.77. The van der Waals surface area contributed by atoms with Gasteiger partial charge in [-0.25, -0.2) is 0 Å². The molecule has 15 heavy (non-hydrogen) atoms. The molecule has 1 rings (SSSR count). The Morgan fingerprint density at radius 1 is 1.40 bits per heavy atom. The van der Waals surface area contributed by atoms with Crippen LogP contribution >= 0.6 is 0 Å². The summed E-state index contributed by atoms with van der Waals surface area (Å²) in [5, 5.41) is 0. The zero-order valence-corrected chi connectivity index (χ0v) is 9.44. The molecule has 0 aliphatic rings. The molecule has 1 aromatic heterocycles. The smallest absolute Gasteiger partial charge is 0.273 e. The van der Waals surface area contributed by atoms with Crippen molar-refractivity contribution in [2.24, 2.45) is 0 Å². The van der Waals surface area contributed by atoms with Crippen molar-refractivity contribution in [3.8, 4) is 0 Å². The van der Waals surface area contributed by atoms with E-state index in [-0.39, 0.29) is 5.56 Å². The lowest BCUT2D eigenvalue weighted by Crippen LogP contribution is -2.22. The van der Waals surface area contributed by atoms with E-state index in [9.17, 15) is 4.79 Å². The van der Waals surface area contributed by atoms with E-state index >= 15 is 0 Å². The number of rotatable bonds is 5. The molecule has 1 heterocycles. The van der Waals surface area contributed by atoms with Gasteiger partial charge in [0.1, 0.15) is 0 Å². The Kier molecular flexibility index (Phi) is 4.37. The number of aryl methyl sites for hydroxylation is 1. The molecule has 0 bridgehead atoms. The van der Waals surface area contributed by atoms with Gasteiger partial charge < -0.3 is 15.2 Å². The lowest BCUT2D eigenvalue weighted by atomic mass is 10.3. The molecule has 2 N–H and O–H groups in total. The topological polar surface area (TPSA) is 51.3 Å². The third-order valence-electron chi connectivity index (χ3n) is 2.30. The van der Waals surface area contributed by atoms with Crippen molar-refractivity contribution in [3.05, 3.63) is 28.7 Å². The van der Waals surface area contributed by atoms with Crippen LogP contribution in [0.3, 0.4) is 0 Å². The van der Waals surface area contributed by atoms with E-state index in [4.69, 9.17) is 5.73 Å². The molecule has 0 unspecified atom stereocenters. The first kappa shape index (κ1) is 11.8. The van der Waals surface area contributed by atoms with Crippen LogP contribution in [0.1, 0.15) is 12.8 Å². The Morgan fingerprint density at radius 3 is 2.80 bits per heavy atom. The van der Waals surface area contributed by atoms with Crippen molar-refractivity contribution >= 4 is 5.69 Å². The number of hydrogen-bond donors (Lipinski definition) is 1. The predicted octanol–water partition coefficient (Wildman–Crippen LogP) is 0.772. The molecule has 0 amide bonds. The maximum Gasteiger partial charge on any atom is 0.273 e. The fourth-order valence-electron chi connectivity index (χ4n) is 1.44. The van der Waals surface area contributed by atoms with Crippen molar-refractivity contribution in [1.82, 2.24) is 9.47 Å². The van der Waals surface area contributed by atoms with Crippen LogP contribution in [0, 0.1) is 0 Å². The molecule has 0 fully saturated rings. The molecule has 0 saturated carbocycles. The maximum absolute atomic E-state index is 11.5. The van der Waals surface area contributed by atoms with Crippen molar-refractivity contribution in [2.45, 2.75) is 19.4 Å². The minimum atomic E-state index is -0.0812. The summed E-state index contributed by atoms with van der Waals surface area (Å²) >= 11 is 0. The molecule has 4 heteroatoms. The molecule has 4 nitrogen and oxygen atoms in total.